The normalized spacial score (nSPS) is 38.4. The highest BCUT2D eigenvalue weighted by Crippen LogP contribution is 2.60. The maximum atomic E-state index is 15.3. The largest absolute Gasteiger partial charge is 0.493 e. The summed E-state index contributed by atoms with van der Waals surface area (Å²) in [6.07, 6.45) is 8.72. The number of nitrogens with zero attached hydrogens (tertiary/aromatic N) is 1. The quantitative estimate of drug-likeness (QED) is 0.649. The summed E-state index contributed by atoms with van der Waals surface area (Å²) in [6, 6.07) is 1.75. The molecule has 7 rings (SSSR count). The molecular weight excluding hydrogens is 437 g/mol. The summed E-state index contributed by atoms with van der Waals surface area (Å²) in [5, 5.41) is 19.8. The van der Waals surface area contributed by atoms with E-state index in [9.17, 15) is 19.8 Å². The van der Waals surface area contributed by atoms with Crippen molar-refractivity contribution in [3.63, 3.8) is 0 Å². The van der Waals surface area contributed by atoms with Gasteiger partial charge >= 0.3 is 5.97 Å². The first-order valence-corrected chi connectivity index (χ1v) is 12.9. The highest BCUT2D eigenvalue weighted by Gasteiger charge is 2.51. The molecule has 4 bridgehead atoms. The maximum Gasteiger partial charge on any atom is 0.326 e. The minimum Gasteiger partial charge on any atom is -0.493 e. The number of hydrogen-bond acceptors (Lipinski definition) is 4. The van der Waals surface area contributed by atoms with Gasteiger partial charge in [0.2, 0.25) is 0 Å². The molecule has 6 nitrogen and oxygen atoms in total. The first-order valence-electron chi connectivity index (χ1n) is 12.9. The van der Waals surface area contributed by atoms with Gasteiger partial charge in [-0.3, -0.25) is 4.79 Å². The van der Waals surface area contributed by atoms with Crippen LogP contribution in [0.4, 0.5) is 4.39 Å². The van der Waals surface area contributed by atoms with E-state index >= 15 is 4.39 Å². The highest BCUT2D eigenvalue weighted by atomic mass is 19.1. The smallest absolute Gasteiger partial charge is 0.326 e. The Kier molecular flexibility index (Phi) is 5.21. The lowest BCUT2D eigenvalue weighted by Crippen LogP contribution is -2.48. The number of rotatable bonds is 6. The van der Waals surface area contributed by atoms with Crippen molar-refractivity contribution < 1.29 is 28.9 Å². The van der Waals surface area contributed by atoms with E-state index in [1.54, 1.807) is 13.0 Å². The van der Waals surface area contributed by atoms with Crippen LogP contribution in [0.3, 0.4) is 0 Å². The van der Waals surface area contributed by atoms with Gasteiger partial charge in [0.05, 0.1) is 18.3 Å². The average molecular weight is 472 g/mol. The Balaban J connectivity index is 1.25. The molecule has 0 aromatic heterocycles. The summed E-state index contributed by atoms with van der Waals surface area (Å²) in [5.74, 6) is 0.0652. The number of aliphatic hydroxyl groups excluding tert-OH is 1. The predicted molar refractivity (Wildman–Crippen MR) is 122 cm³/mol. The first kappa shape index (κ1) is 22.3. The zero-order valence-corrected chi connectivity index (χ0v) is 19.7. The number of carboxylic acid groups (broad SMARTS) is 1. The van der Waals surface area contributed by atoms with Crippen LogP contribution < -0.4 is 4.74 Å². The fourth-order valence-corrected chi connectivity index (χ4v) is 7.97. The summed E-state index contributed by atoms with van der Waals surface area (Å²) < 4.78 is 21.6. The van der Waals surface area contributed by atoms with Crippen LogP contribution in [-0.4, -0.2) is 52.3 Å². The Morgan fingerprint density at radius 3 is 2.29 bits per heavy atom. The highest BCUT2D eigenvalue weighted by molar-refractivity contribution is 5.97. The first-order chi connectivity index (χ1) is 16.2. The number of carbonyl (C=O) groups is 2. The topological polar surface area (TPSA) is 87.1 Å². The monoisotopic (exact) mass is 471 g/mol. The third kappa shape index (κ3) is 3.71. The number of hydrogen-bond donors (Lipinski definition) is 2. The summed E-state index contributed by atoms with van der Waals surface area (Å²) in [5.41, 5.74) is 0.933. The van der Waals surface area contributed by atoms with Gasteiger partial charge in [-0.15, -0.1) is 0 Å². The van der Waals surface area contributed by atoms with Crippen molar-refractivity contribution in [2.24, 2.45) is 29.1 Å². The lowest BCUT2D eigenvalue weighted by molar-refractivity contribution is -0.142. The number of amides is 1. The molecule has 1 aromatic carbocycles. The van der Waals surface area contributed by atoms with Crippen LogP contribution in [0.2, 0.25) is 0 Å². The van der Waals surface area contributed by atoms with E-state index in [2.05, 4.69) is 0 Å². The summed E-state index contributed by atoms with van der Waals surface area (Å²) in [4.78, 5) is 26.1. The molecular formula is C27H34FNO5. The van der Waals surface area contributed by atoms with Gasteiger partial charge in [0.15, 0.2) is 0 Å². The van der Waals surface area contributed by atoms with E-state index in [4.69, 9.17) is 4.74 Å². The maximum absolute atomic E-state index is 15.3. The molecule has 1 aliphatic heterocycles. The average Bonchev–Trinajstić information content (AvgIpc) is 3.56. The van der Waals surface area contributed by atoms with E-state index in [1.807, 2.05) is 0 Å². The Labute approximate surface area is 199 Å². The van der Waals surface area contributed by atoms with Gasteiger partial charge in [0.1, 0.15) is 17.6 Å². The van der Waals surface area contributed by atoms with E-state index in [1.165, 1.54) is 44.6 Å². The van der Waals surface area contributed by atoms with Crippen LogP contribution in [-0.2, 0) is 4.79 Å². The van der Waals surface area contributed by atoms with Crippen molar-refractivity contribution in [1.29, 1.82) is 0 Å². The molecule has 7 heteroatoms. The molecule has 184 valence electrons. The molecule has 1 amide bonds. The lowest BCUT2D eigenvalue weighted by Gasteiger charge is -2.56. The Hall–Kier alpha value is -2.15. The van der Waals surface area contributed by atoms with Crippen LogP contribution in [0.15, 0.2) is 12.1 Å². The number of carboxylic acids is 1. The Bertz CT molecular complexity index is 985. The number of ether oxygens (including phenoxy) is 1. The molecule has 3 unspecified atom stereocenters. The lowest BCUT2D eigenvalue weighted by atomic mass is 9.50. The van der Waals surface area contributed by atoms with Crippen molar-refractivity contribution in [3.8, 4) is 5.75 Å². The van der Waals surface area contributed by atoms with E-state index in [-0.39, 0.29) is 23.4 Å². The molecule has 5 aliphatic carbocycles. The third-order valence-electron chi connectivity index (χ3n) is 9.38. The van der Waals surface area contributed by atoms with Crippen molar-refractivity contribution in [2.75, 3.05) is 13.2 Å². The minimum atomic E-state index is -1.18. The van der Waals surface area contributed by atoms with Crippen LogP contribution >= 0.6 is 0 Å². The number of aliphatic carboxylic acids is 1. The molecule has 3 atom stereocenters. The van der Waals surface area contributed by atoms with Gasteiger partial charge in [0.25, 0.3) is 5.91 Å². The van der Waals surface area contributed by atoms with Gasteiger partial charge in [-0.05, 0) is 86.7 Å². The van der Waals surface area contributed by atoms with Crippen molar-refractivity contribution >= 4 is 11.9 Å². The van der Waals surface area contributed by atoms with Gasteiger partial charge in [0, 0.05) is 23.9 Å². The fourth-order valence-electron chi connectivity index (χ4n) is 7.97. The van der Waals surface area contributed by atoms with Gasteiger partial charge in [-0.2, -0.15) is 0 Å². The third-order valence-corrected chi connectivity index (χ3v) is 9.38. The molecule has 6 aliphatic rings. The second-order valence-corrected chi connectivity index (χ2v) is 12.0. The van der Waals surface area contributed by atoms with E-state index in [0.717, 1.165) is 41.1 Å². The Morgan fingerprint density at radius 1 is 1.12 bits per heavy atom. The van der Waals surface area contributed by atoms with E-state index < -0.39 is 35.8 Å². The number of carbonyl (C=O) groups excluding carboxylic acids is 1. The molecule has 0 radical (unpaired) electrons. The number of halogens is 1. The summed E-state index contributed by atoms with van der Waals surface area (Å²) in [7, 11) is 0. The van der Waals surface area contributed by atoms with Crippen LogP contribution in [0.1, 0.15) is 80.1 Å². The molecule has 1 saturated heterocycles. The molecule has 2 N–H and O–H groups in total. The summed E-state index contributed by atoms with van der Waals surface area (Å²) in [6.45, 7) is 2.10. The van der Waals surface area contributed by atoms with E-state index in [0.29, 0.717) is 12.4 Å². The van der Waals surface area contributed by atoms with Crippen LogP contribution in [0.25, 0.3) is 0 Å². The van der Waals surface area contributed by atoms with Crippen LogP contribution in [0, 0.1) is 34.9 Å². The van der Waals surface area contributed by atoms with Crippen molar-refractivity contribution in [3.05, 3.63) is 29.1 Å². The second kappa shape index (κ2) is 7.94. The number of β-amino-alcohol motifs (C(OH)–C–C–N with tert-alkyl or cyclic N) is 1. The molecule has 0 spiro atoms. The fraction of sp³-hybridized carbons (Fsp3) is 0.704. The second-order valence-electron chi connectivity index (χ2n) is 12.0. The van der Waals surface area contributed by atoms with Crippen molar-refractivity contribution in [2.45, 2.75) is 76.4 Å². The minimum absolute atomic E-state index is 0.112. The van der Waals surface area contributed by atoms with Crippen LogP contribution in [0.5, 0.6) is 5.75 Å². The zero-order valence-electron chi connectivity index (χ0n) is 19.7. The number of likely N-dealkylation sites (tertiary alicyclic amines) is 1. The van der Waals surface area contributed by atoms with Gasteiger partial charge in [-0.25, -0.2) is 9.18 Å². The standard InChI is InChI=1S/C27H34FNO5/c1-14-22(30)12-29(24(14)26(32)33)25(31)20-7-19(18-2-3-18)23(8-21(20)28)34-13-27-9-15-4-16(10-27)6-17(5-15)11-27/h7-8,14-18,22,24,30H,2-6,9-13H2,1H3,(H,32,33). The van der Waals surface area contributed by atoms with Gasteiger partial charge in [-0.1, -0.05) is 6.92 Å². The van der Waals surface area contributed by atoms with Crippen molar-refractivity contribution in [1.82, 2.24) is 4.90 Å². The Morgan fingerprint density at radius 2 is 1.74 bits per heavy atom. The zero-order chi connectivity index (χ0) is 23.8. The number of aliphatic hydroxyl groups is 1. The van der Waals surface area contributed by atoms with Gasteiger partial charge < -0.3 is 19.8 Å². The molecule has 5 saturated carbocycles. The predicted octanol–water partition coefficient (Wildman–Crippen LogP) is 4.20. The molecule has 1 heterocycles. The molecule has 34 heavy (non-hydrogen) atoms. The molecule has 1 aromatic rings. The number of benzene rings is 1. The summed E-state index contributed by atoms with van der Waals surface area (Å²) >= 11 is 0. The molecule has 6 fully saturated rings. The SMILES string of the molecule is CC1C(O)CN(C(=O)c2cc(C3CC3)c(OCC34CC5CC(CC(C5)C3)C4)cc2F)C1C(=O)O.